The highest BCUT2D eigenvalue weighted by Gasteiger charge is 2.19. The number of carbonyl (C=O) groups excluding carboxylic acids is 1. The average molecular weight is 403 g/mol. The maximum atomic E-state index is 12.0. The molecule has 0 fully saturated rings. The van der Waals surface area contributed by atoms with Crippen molar-refractivity contribution < 1.29 is 28.1 Å². The van der Waals surface area contributed by atoms with Crippen LogP contribution in [0.15, 0.2) is 30.3 Å². The second-order valence-electron chi connectivity index (χ2n) is 5.81. The van der Waals surface area contributed by atoms with Crippen molar-refractivity contribution in [3.63, 3.8) is 0 Å². The molecule has 10 heteroatoms. The van der Waals surface area contributed by atoms with E-state index in [0.29, 0.717) is 16.7 Å². The van der Waals surface area contributed by atoms with E-state index in [1.54, 1.807) is 25.1 Å². The van der Waals surface area contributed by atoms with Crippen LogP contribution in [-0.4, -0.2) is 44.0 Å². The minimum absolute atomic E-state index is 0.0487. The first-order valence-corrected chi connectivity index (χ1v) is 9.10. The van der Waals surface area contributed by atoms with Crippen LogP contribution in [-0.2, 0) is 16.0 Å². The van der Waals surface area contributed by atoms with Crippen LogP contribution in [0.5, 0.6) is 11.5 Å². The van der Waals surface area contributed by atoms with E-state index in [2.05, 4.69) is 14.7 Å². The molecule has 146 valence electrons. The molecule has 3 N–H and O–H groups in total. The quantitative estimate of drug-likeness (QED) is 0.438. The Kier molecular flexibility index (Phi) is 5.43. The molecule has 0 saturated carbocycles. The normalized spacial score (nSPS) is 11.9. The summed E-state index contributed by atoms with van der Waals surface area (Å²) in [5, 5.41) is 10.9. The van der Waals surface area contributed by atoms with Crippen LogP contribution in [0.4, 0.5) is 5.69 Å². The van der Waals surface area contributed by atoms with Crippen LogP contribution in [0.3, 0.4) is 0 Å². The van der Waals surface area contributed by atoms with Gasteiger partial charge >= 0.3 is 5.97 Å². The van der Waals surface area contributed by atoms with Gasteiger partial charge in [-0.2, -0.15) is 0 Å². The van der Waals surface area contributed by atoms with Gasteiger partial charge in [-0.15, -0.1) is 0 Å². The fourth-order valence-corrected chi connectivity index (χ4v) is 3.07. The van der Waals surface area contributed by atoms with Gasteiger partial charge in [-0.3, -0.25) is 9.27 Å². The summed E-state index contributed by atoms with van der Waals surface area (Å²) >= 11 is -2.36. The number of carbonyl (C=O) groups is 1. The Morgan fingerprint density at radius 3 is 2.57 bits per heavy atom. The largest absolute Gasteiger partial charge is 0.506 e. The van der Waals surface area contributed by atoms with E-state index in [1.807, 2.05) is 0 Å². The van der Waals surface area contributed by atoms with Crippen molar-refractivity contribution >= 4 is 33.8 Å². The van der Waals surface area contributed by atoms with Gasteiger partial charge in [0.15, 0.2) is 5.69 Å². The third-order valence-corrected chi connectivity index (χ3v) is 4.41. The predicted molar refractivity (Wildman–Crippen MR) is 104 cm³/mol. The van der Waals surface area contributed by atoms with E-state index in [4.69, 9.17) is 9.47 Å². The molecule has 2 aromatic heterocycles. The highest BCUT2D eigenvalue weighted by atomic mass is 32.2. The number of aromatic hydroxyl groups is 1. The standard InChI is InChI=1S/C18H17N3O6S/c1-9-6-13(21-28(24)25)17(20-15(9)18(23)27-3)12-5-4-10-7-11(26-2)8-14(22)16(10)19-12/h4-8,21-22H,1-3H3,(H,24,25). The lowest BCUT2D eigenvalue weighted by Crippen LogP contribution is -2.11. The van der Waals surface area contributed by atoms with Crippen LogP contribution in [0.2, 0.25) is 0 Å². The Balaban J connectivity index is 2.24. The number of rotatable bonds is 5. The van der Waals surface area contributed by atoms with Crippen LogP contribution in [0.1, 0.15) is 16.1 Å². The highest BCUT2D eigenvalue weighted by molar-refractivity contribution is 7.80. The number of hydrogen-bond acceptors (Lipinski definition) is 7. The number of pyridine rings is 2. The number of nitrogens with one attached hydrogen (secondary N) is 1. The van der Waals surface area contributed by atoms with E-state index >= 15 is 0 Å². The van der Waals surface area contributed by atoms with Crippen LogP contribution in [0, 0.1) is 6.92 Å². The molecule has 3 rings (SSSR count). The zero-order valence-corrected chi connectivity index (χ0v) is 16.0. The molecule has 0 spiro atoms. The summed E-state index contributed by atoms with van der Waals surface area (Å²) in [4.78, 5) is 20.7. The van der Waals surface area contributed by atoms with Crippen LogP contribution < -0.4 is 9.46 Å². The van der Waals surface area contributed by atoms with E-state index in [-0.39, 0.29) is 34.0 Å². The van der Waals surface area contributed by atoms with Crippen molar-refractivity contribution in [2.24, 2.45) is 0 Å². The van der Waals surface area contributed by atoms with Gasteiger partial charge in [0.05, 0.1) is 25.6 Å². The maximum Gasteiger partial charge on any atom is 0.356 e. The minimum atomic E-state index is -2.36. The second-order valence-corrected chi connectivity index (χ2v) is 6.51. The number of anilines is 1. The second kappa shape index (κ2) is 7.79. The van der Waals surface area contributed by atoms with E-state index in [1.165, 1.54) is 26.4 Å². The summed E-state index contributed by atoms with van der Waals surface area (Å²) in [5.74, 6) is -0.278. The molecular formula is C18H17N3O6S. The van der Waals surface area contributed by atoms with E-state index in [0.717, 1.165) is 0 Å². The fraction of sp³-hybridized carbons (Fsp3) is 0.167. The fourth-order valence-electron chi connectivity index (χ4n) is 2.72. The van der Waals surface area contributed by atoms with Gasteiger partial charge in [0.25, 0.3) is 11.3 Å². The Morgan fingerprint density at radius 2 is 1.93 bits per heavy atom. The zero-order chi connectivity index (χ0) is 20.4. The number of hydrogen-bond donors (Lipinski definition) is 3. The maximum absolute atomic E-state index is 12.0. The molecule has 1 aromatic carbocycles. The SMILES string of the molecule is COC(=O)c1nc(-c2ccc3cc(OC)cc(O)c3n2)c(NS(=O)O)cc1C. The average Bonchev–Trinajstić information content (AvgIpc) is 2.67. The lowest BCUT2D eigenvalue weighted by molar-refractivity contribution is 0.0593. The van der Waals surface area contributed by atoms with Crippen molar-refractivity contribution in [1.82, 2.24) is 9.97 Å². The van der Waals surface area contributed by atoms with E-state index < -0.39 is 17.2 Å². The molecule has 28 heavy (non-hydrogen) atoms. The molecule has 0 radical (unpaired) electrons. The first-order valence-electron chi connectivity index (χ1n) is 7.99. The lowest BCUT2D eigenvalue weighted by atomic mass is 10.1. The summed E-state index contributed by atoms with van der Waals surface area (Å²) in [5.41, 5.74) is 1.43. The number of phenolic OH excluding ortho intramolecular Hbond substituents is 1. The molecule has 2 heterocycles. The predicted octanol–water partition coefficient (Wildman–Crippen LogP) is 2.65. The number of methoxy groups -OCH3 is 2. The van der Waals surface area contributed by atoms with Gasteiger partial charge in [-0.25, -0.2) is 19.0 Å². The zero-order valence-electron chi connectivity index (χ0n) is 15.2. The number of fused-ring (bicyclic) bond motifs is 1. The first kappa shape index (κ1) is 19.5. The van der Waals surface area contributed by atoms with Crippen LogP contribution >= 0.6 is 0 Å². The van der Waals surface area contributed by atoms with Crippen molar-refractivity contribution in [3.8, 4) is 22.9 Å². The summed E-state index contributed by atoms with van der Waals surface area (Å²) in [6, 6.07) is 7.94. The third kappa shape index (κ3) is 3.73. The number of esters is 1. The minimum Gasteiger partial charge on any atom is -0.506 e. The van der Waals surface area contributed by atoms with Crippen molar-refractivity contribution in [2.45, 2.75) is 6.92 Å². The van der Waals surface area contributed by atoms with E-state index in [9.17, 15) is 18.7 Å². The molecule has 3 aromatic rings. The van der Waals surface area contributed by atoms with Crippen LogP contribution in [0.25, 0.3) is 22.3 Å². The Hall–Kier alpha value is -3.24. The molecule has 0 aliphatic carbocycles. The van der Waals surface area contributed by atoms with Crippen molar-refractivity contribution in [3.05, 3.63) is 41.6 Å². The van der Waals surface area contributed by atoms with Gasteiger partial charge in [0.2, 0.25) is 0 Å². The summed E-state index contributed by atoms with van der Waals surface area (Å²) in [7, 11) is 2.72. The van der Waals surface area contributed by atoms with Gasteiger partial charge < -0.3 is 14.6 Å². The summed E-state index contributed by atoms with van der Waals surface area (Å²) < 4.78 is 32.7. The summed E-state index contributed by atoms with van der Waals surface area (Å²) in [6.07, 6.45) is 0. The topological polar surface area (TPSA) is 131 Å². The van der Waals surface area contributed by atoms with Crippen molar-refractivity contribution in [1.29, 1.82) is 0 Å². The molecule has 0 amide bonds. The molecule has 9 nitrogen and oxygen atoms in total. The van der Waals surface area contributed by atoms with Gasteiger partial charge in [-0.1, -0.05) is 6.07 Å². The first-order chi connectivity index (χ1) is 13.3. The Bertz CT molecular complexity index is 1100. The highest BCUT2D eigenvalue weighted by Crippen LogP contribution is 2.33. The molecule has 0 aliphatic rings. The van der Waals surface area contributed by atoms with Crippen molar-refractivity contribution in [2.75, 3.05) is 18.9 Å². The van der Waals surface area contributed by atoms with Gasteiger partial charge in [-0.05, 0) is 30.7 Å². The number of aromatic nitrogens is 2. The summed E-state index contributed by atoms with van der Waals surface area (Å²) in [6.45, 7) is 1.63. The lowest BCUT2D eigenvalue weighted by Gasteiger charge is -2.13. The molecular weight excluding hydrogens is 386 g/mol. The third-order valence-electron chi connectivity index (χ3n) is 4.01. The number of ether oxygens (including phenoxy) is 2. The van der Waals surface area contributed by atoms with Gasteiger partial charge in [0.1, 0.15) is 22.7 Å². The molecule has 0 saturated heterocycles. The number of phenols is 1. The Labute approximate surface area is 162 Å². The van der Waals surface area contributed by atoms with Gasteiger partial charge in [0, 0.05) is 11.5 Å². The number of aryl methyl sites for hydroxylation is 1. The molecule has 1 unspecified atom stereocenters. The smallest absolute Gasteiger partial charge is 0.356 e. The molecule has 1 atom stereocenters. The monoisotopic (exact) mass is 403 g/mol. The number of benzene rings is 1. The number of nitrogens with zero attached hydrogens (tertiary/aromatic N) is 2. The Morgan fingerprint density at radius 1 is 1.18 bits per heavy atom. The molecule has 0 bridgehead atoms. The molecule has 0 aliphatic heterocycles.